The summed E-state index contributed by atoms with van der Waals surface area (Å²) < 4.78 is 18.6. The van der Waals surface area contributed by atoms with Crippen LogP contribution in [0.15, 0.2) is 53.2 Å². The van der Waals surface area contributed by atoms with Crippen LogP contribution in [0.1, 0.15) is 26.5 Å². The van der Waals surface area contributed by atoms with Crippen LogP contribution in [0.3, 0.4) is 0 Å². The standard InChI is InChI=1S/C18H13ClFN3O3/c1-10-15(9-21-26-10)18(25)23-13-5-3-12(4-6-13)22-17(24)14-8-11(19)2-7-16(14)20/h2-9H,1H3,(H,22,24)(H,23,25). The van der Waals surface area contributed by atoms with E-state index < -0.39 is 11.7 Å². The average molecular weight is 374 g/mol. The monoisotopic (exact) mass is 373 g/mol. The lowest BCUT2D eigenvalue weighted by Crippen LogP contribution is -2.14. The van der Waals surface area contributed by atoms with E-state index in [9.17, 15) is 14.0 Å². The molecule has 0 saturated heterocycles. The van der Waals surface area contributed by atoms with Gasteiger partial charge >= 0.3 is 0 Å². The van der Waals surface area contributed by atoms with Gasteiger partial charge in [0.05, 0.1) is 11.8 Å². The molecule has 0 aliphatic heterocycles. The van der Waals surface area contributed by atoms with E-state index >= 15 is 0 Å². The van der Waals surface area contributed by atoms with Gasteiger partial charge in [-0.3, -0.25) is 9.59 Å². The van der Waals surface area contributed by atoms with Crippen LogP contribution in [0.4, 0.5) is 15.8 Å². The van der Waals surface area contributed by atoms with Crippen molar-refractivity contribution in [1.82, 2.24) is 5.16 Å². The second-order valence-corrected chi connectivity index (χ2v) is 5.84. The van der Waals surface area contributed by atoms with Gasteiger partial charge < -0.3 is 15.2 Å². The topological polar surface area (TPSA) is 84.2 Å². The molecule has 26 heavy (non-hydrogen) atoms. The number of carbonyl (C=O) groups excluding carboxylic acids is 2. The molecule has 0 unspecified atom stereocenters. The summed E-state index contributed by atoms with van der Waals surface area (Å²) in [6.45, 7) is 1.63. The van der Waals surface area contributed by atoms with Crippen molar-refractivity contribution in [3.63, 3.8) is 0 Å². The smallest absolute Gasteiger partial charge is 0.260 e. The molecular formula is C18H13ClFN3O3. The zero-order valence-corrected chi connectivity index (χ0v) is 14.3. The first-order valence-corrected chi connectivity index (χ1v) is 7.91. The minimum Gasteiger partial charge on any atom is -0.361 e. The van der Waals surface area contributed by atoms with Crippen LogP contribution in [0.25, 0.3) is 0 Å². The van der Waals surface area contributed by atoms with E-state index in [1.54, 1.807) is 31.2 Å². The van der Waals surface area contributed by atoms with Gasteiger partial charge in [0.15, 0.2) is 0 Å². The van der Waals surface area contributed by atoms with E-state index in [0.717, 1.165) is 6.07 Å². The zero-order valence-electron chi connectivity index (χ0n) is 13.5. The normalized spacial score (nSPS) is 10.4. The molecule has 8 heteroatoms. The van der Waals surface area contributed by atoms with Crippen molar-refractivity contribution < 1.29 is 18.5 Å². The van der Waals surface area contributed by atoms with Gasteiger partial charge in [0, 0.05) is 16.4 Å². The minimum absolute atomic E-state index is 0.155. The van der Waals surface area contributed by atoms with Crippen molar-refractivity contribution in [2.75, 3.05) is 10.6 Å². The zero-order chi connectivity index (χ0) is 18.7. The number of halogens is 2. The molecule has 2 amide bonds. The Hall–Kier alpha value is -3.19. The number of anilines is 2. The highest BCUT2D eigenvalue weighted by atomic mass is 35.5. The number of aromatic nitrogens is 1. The predicted octanol–water partition coefficient (Wildman–Crippen LogP) is 4.28. The third kappa shape index (κ3) is 3.89. The molecule has 3 aromatic rings. The second kappa shape index (κ2) is 7.37. The number of nitrogens with one attached hydrogen (secondary N) is 2. The van der Waals surface area contributed by atoms with Crippen LogP contribution >= 0.6 is 11.6 Å². The van der Waals surface area contributed by atoms with E-state index in [0.29, 0.717) is 22.7 Å². The summed E-state index contributed by atoms with van der Waals surface area (Å²) >= 11 is 5.79. The highest BCUT2D eigenvalue weighted by molar-refractivity contribution is 6.31. The fraction of sp³-hybridized carbons (Fsp3) is 0.0556. The van der Waals surface area contributed by atoms with Crippen molar-refractivity contribution in [3.05, 3.63) is 76.4 Å². The molecule has 0 aliphatic carbocycles. The van der Waals surface area contributed by atoms with E-state index in [-0.39, 0.29) is 16.5 Å². The van der Waals surface area contributed by atoms with Crippen LogP contribution in [-0.2, 0) is 0 Å². The molecule has 0 atom stereocenters. The molecule has 0 bridgehead atoms. The van der Waals surface area contributed by atoms with Crippen LogP contribution in [0, 0.1) is 12.7 Å². The Kier molecular flexibility index (Phi) is 4.99. The summed E-state index contributed by atoms with van der Waals surface area (Å²) in [7, 11) is 0. The number of aryl methyl sites for hydroxylation is 1. The van der Waals surface area contributed by atoms with Gasteiger partial charge in [0.25, 0.3) is 11.8 Å². The van der Waals surface area contributed by atoms with Gasteiger partial charge in [-0.1, -0.05) is 16.8 Å². The lowest BCUT2D eigenvalue weighted by molar-refractivity contribution is 0.101. The number of amides is 2. The first kappa shape index (κ1) is 17.6. The third-order valence-corrected chi connectivity index (χ3v) is 3.80. The van der Waals surface area contributed by atoms with E-state index in [1.807, 2.05) is 0 Å². The Labute approximate surface area is 152 Å². The predicted molar refractivity (Wildman–Crippen MR) is 95.0 cm³/mol. The van der Waals surface area contributed by atoms with Crippen LogP contribution in [0.5, 0.6) is 0 Å². The van der Waals surface area contributed by atoms with Crippen LogP contribution in [-0.4, -0.2) is 17.0 Å². The van der Waals surface area contributed by atoms with Gasteiger partial charge in [-0.2, -0.15) is 0 Å². The van der Waals surface area contributed by atoms with Gasteiger partial charge in [-0.15, -0.1) is 0 Å². The summed E-state index contributed by atoms with van der Waals surface area (Å²) in [5.74, 6) is -1.24. The molecule has 3 rings (SSSR count). The van der Waals surface area contributed by atoms with Gasteiger partial charge in [0.2, 0.25) is 0 Å². The Morgan fingerprint density at radius 2 is 1.58 bits per heavy atom. The molecular weight excluding hydrogens is 361 g/mol. The lowest BCUT2D eigenvalue weighted by Gasteiger charge is -2.08. The molecule has 132 valence electrons. The SMILES string of the molecule is Cc1oncc1C(=O)Nc1ccc(NC(=O)c2cc(Cl)ccc2F)cc1. The van der Waals surface area contributed by atoms with E-state index in [1.165, 1.54) is 18.3 Å². The Morgan fingerprint density at radius 1 is 1.00 bits per heavy atom. The molecule has 0 aliphatic rings. The summed E-state index contributed by atoms with van der Waals surface area (Å²) in [5, 5.41) is 9.07. The highest BCUT2D eigenvalue weighted by Gasteiger charge is 2.14. The van der Waals surface area contributed by atoms with E-state index in [4.69, 9.17) is 16.1 Å². The molecule has 0 fully saturated rings. The Morgan fingerprint density at radius 3 is 2.12 bits per heavy atom. The Balaban J connectivity index is 1.68. The van der Waals surface area contributed by atoms with Gasteiger partial charge in [-0.25, -0.2) is 4.39 Å². The fourth-order valence-corrected chi connectivity index (χ4v) is 2.39. The molecule has 0 radical (unpaired) electrons. The summed E-state index contributed by atoms with van der Waals surface area (Å²) in [5.41, 5.74) is 1.13. The maximum absolute atomic E-state index is 13.7. The highest BCUT2D eigenvalue weighted by Crippen LogP contribution is 2.19. The van der Waals surface area contributed by atoms with Crippen molar-refractivity contribution in [2.45, 2.75) is 6.92 Å². The summed E-state index contributed by atoms with van der Waals surface area (Å²) in [6.07, 6.45) is 1.33. The molecule has 0 spiro atoms. The molecule has 1 heterocycles. The van der Waals surface area contributed by atoms with Crippen molar-refractivity contribution in [3.8, 4) is 0 Å². The number of carbonyl (C=O) groups is 2. The number of hydrogen-bond donors (Lipinski definition) is 2. The quantitative estimate of drug-likeness (QED) is 0.714. The van der Waals surface area contributed by atoms with Crippen molar-refractivity contribution in [1.29, 1.82) is 0 Å². The third-order valence-electron chi connectivity index (χ3n) is 3.57. The molecule has 2 aromatic carbocycles. The van der Waals surface area contributed by atoms with Gasteiger partial charge in [0.1, 0.15) is 17.1 Å². The fourth-order valence-electron chi connectivity index (χ4n) is 2.22. The Bertz CT molecular complexity index is 970. The molecule has 0 saturated carbocycles. The molecule has 2 N–H and O–H groups in total. The average Bonchev–Trinajstić information content (AvgIpc) is 3.05. The molecule has 6 nitrogen and oxygen atoms in total. The largest absolute Gasteiger partial charge is 0.361 e. The number of nitrogens with zero attached hydrogens (tertiary/aromatic N) is 1. The number of rotatable bonds is 4. The second-order valence-electron chi connectivity index (χ2n) is 5.41. The van der Waals surface area contributed by atoms with E-state index in [2.05, 4.69) is 15.8 Å². The van der Waals surface area contributed by atoms with Crippen LogP contribution in [0.2, 0.25) is 5.02 Å². The van der Waals surface area contributed by atoms with Crippen LogP contribution < -0.4 is 10.6 Å². The maximum atomic E-state index is 13.7. The first-order chi connectivity index (χ1) is 12.4. The lowest BCUT2D eigenvalue weighted by atomic mass is 10.2. The minimum atomic E-state index is -0.667. The first-order valence-electron chi connectivity index (χ1n) is 7.53. The van der Waals surface area contributed by atoms with Crippen molar-refractivity contribution >= 4 is 34.8 Å². The van der Waals surface area contributed by atoms with Crippen molar-refractivity contribution in [2.24, 2.45) is 0 Å². The summed E-state index contributed by atoms with van der Waals surface area (Å²) in [6, 6.07) is 10.1. The molecule has 1 aromatic heterocycles. The maximum Gasteiger partial charge on any atom is 0.260 e. The summed E-state index contributed by atoms with van der Waals surface area (Å²) in [4.78, 5) is 24.2. The van der Waals surface area contributed by atoms with Gasteiger partial charge in [-0.05, 0) is 49.4 Å². The number of hydrogen-bond acceptors (Lipinski definition) is 4. The number of benzene rings is 2.